The van der Waals surface area contributed by atoms with Crippen LogP contribution in [0.3, 0.4) is 0 Å². The number of alkyl halides is 1. The number of amides is 1. The average molecular weight is 242 g/mol. The second-order valence-electron chi connectivity index (χ2n) is 6.03. The highest BCUT2D eigenvalue weighted by molar-refractivity contribution is 6.18. The molecule has 0 aromatic rings. The summed E-state index contributed by atoms with van der Waals surface area (Å²) < 4.78 is 0. The molecular weight excluding hydrogens is 222 g/mol. The summed E-state index contributed by atoms with van der Waals surface area (Å²) in [4.78, 5) is 12.2. The number of hydrogen-bond acceptors (Lipinski definition) is 1. The van der Waals surface area contributed by atoms with Crippen molar-refractivity contribution in [2.45, 2.75) is 50.5 Å². The molecule has 0 aliphatic heterocycles. The molecule has 3 rings (SSSR count). The van der Waals surface area contributed by atoms with Gasteiger partial charge in [-0.1, -0.05) is 12.8 Å². The molecule has 0 heterocycles. The van der Waals surface area contributed by atoms with E-state index in [1.165, 1.54) is 19.3 Å². The van der Waals surface area contributed by atoms with Crippen LogP contribution in [0.4, 0.5) is 0 Å². The Kier molecular flexibility index (Phi) is 2.66. The number of nitrogens with one attached hydrogen (secondary N) is 1. The Labute approximate surface area is 102 Å². The minimum absolute atomic E-state index is 0.0641. The van der Waals surface area contributed by atoms with Gasteiger partial charge in [-0.25, -0.2) is 0 Å². The SMILES string of the molecule is O=C(NC1(CCl)CCCC1)C1CC2CC2C1. The van der Waals surface area contributed by atoms with E-state index in [9.17, 15) is 4.79 Å². The van der Waals surface area contributed by atoms with Gasteiger partial charge in [0.15, 0.2) is 0 Å². The summed E-state index contributed by atoms with van der Waals surface area (Å²) in [6, 6.07) is 0. The molecule has 0 spiro atoms. The number of fused-ring (bicyclic) bond motifs is 1. The molecule has 3 saturated carbocycles. The van der Waals surface area contributed by atoms with Crippen molar-refractivity contribution < 1.29 is 4.79 Å². The summed E-state index contributed by atoms with van der Waals surface area (Å²) in [5.41, 5.74) is -0.0641. The Morgan fingerprint density at radius 3 is 2.38 bits per heavy atom. The third-order valence-electron chi connectivity index (χ3n) is 4.82. The molecule has 0 bridgehead atoms. The smallest absolute Gasteiger partial charge is 0.223 e. The van der Waals surface area contributed by atoms with Crippen molar-refractivity contribution in [1.82, 2.24) is 5.32 Å². The summed E-state index contributed by atoms with van der Waals surface area (Å²) in [7, 11) is 0. The van der Waals surface area contributed by atoms with E-state index in [2.05, 4.69) is 5.32 Å². The van der Waals surface area contributed by atoms with Gasteiger partial charge in [-0.15, -0.1) is 11.6 Å². The number of carbonyl (C=O) groups excluding carboxylic acids is 1. The van der Waals surface area contributed by atoms with Crippen LogP contribution in [0.5, 0.6) is 0 Å². The van der Waals surface area contributed by atoms with Crippen LogP contribution in [0.2, 0.25) is 0 Å². The first-order chi connectivity index (χ1) is 7.72. The lowest BCUT2D eigenvalue weighted by atomic mass is 9.96. The Morgan fingerprint density at radius 2 is 1.81 bits per heavy atom. The number of carbonyl (C=O) groups is 1. The summed E-state index contributed by atoms with van der Waals surface area (Å²) in [5, 5.41) is 3.25. The fourth-order valence-corrected chi connectivity index (χ4v) is 3.97. The second kappa shape index (κ2) is 3.90. The van der Waals surface area contributed by atoms with Crippen molar-refractivity contribution in [3.05, 3.63) is 0 Å². The quantitative estimate of drug-likeness (QED) is 0.757. The van der Waals surface area contributed by atoms with Crippen molar-refractivity contribution in [2.75, 3.05) is 5.88 Å². The molecule has 2 atom stereocenters. The minimum atomic E-state index is -0.0641. The zero-order valence-corrected chi connectivity index (χ0v) is 10.4. The van der Waals surface area contributed by atoms with E-state index in [-0.39, 0.29) is 11.4 Å². The molecule has 2 unspecified atom stereocenters. The maximum Gasteiger partial charge on any atom is 0.223 e. The number of hydrogen-bond donors (Lipinski definition) is 1. The van der Waals surface area contributed by atoms with E-state index in [0.29, 0.717) is 11.8 Å². The van der Waals surface area contributed by atoms with Crippen molar-refractivity contribution in [1.29, 1.82) is 0 Å². The van der Waals surface area contributed by atoms with Crippen LogP contribution in [0.25, 0.3) is 0 Å². The molecule has 0 saturated heterocycles. The highest BCUT2D eigenvalue weighted by atomic mass is 35.5. The van der Waals surface area contributed by atoms with Crippen molar-refractivity contribution in [3.8, 4) is 0 Å². The molecule has 16 heavy (non-hydrogen) atoms. The maximum atomic E-state index is 12.2. The molecule has 0 aromatic carbocycles. The van der Waals surface area contributed by atoms with Crippen LogP contribution in [0.15, 0.2) is 0 Å². The molecule has 2 nitrogen and oxygen atoms in total. The van der Waals surface area contributed by atoms with Gasteiger partial charge in [0.2, 0.25) is 5.91 Å². The molecule has 3 aliphatic carbocycles. The first-order valence-electron chi connectivity index (χ1n) is 6.60. The molecule has 3 fully saturated rings. The van der Waals surface area contributed by atoms with Gasteiger partial charge in [0.25, 0.3) is 0 Å². The lowest BCUT2D eigenvalue weighted by molar-refractivity contribution is -0.126. The summed E-state index contributed by atoms with van der Waals surface area (Å²) >= 11 is 6.04. The van der Waals surface area contributed by atoms with Gasteiger partial charge < -0.3 is 5.32 Å². The Hall–Kier alpha value is -0.240. The number of rotatable bonds is 3. The fourth-order valence-electron chi connectivity index (χ4n) is 3.64. The molecule has 90 valence electrons. The van der Waals surface area contributed by atoms with E-state index in [1.54, 1.807) is 0 Å². The maximum absolute atomic E-state index is 12.2. The monoisotopic (exact) mass is 241 g/mol. The largest absolute Gasteiger partial charge is 0.349 e. The summed E-state index contributed by atoms with van der Waals surface area (Å²) in [5.74, 6) is 2.93. The van der Waals surface area contributed by atoms with Crippen LogP contribution >= 0.6 is 11.6 Å². The highest BCUT2D eigenvalue weighted by Gasteiger charge is 2.49. The molecular formula is C13H20ClNO. The van der Waals surface area contributed by atoms with Crippen LogP contribution in [0, 0.1) is 17.8 Å². The second-order valence-corrected chi connectivity index (χ2v) is 6.30. The lowest BCUT2D eigenvalue weighted by Gasteiger charge is -2.29. The van der Waals surface area contributed by atoms with E-state index >= 15 is 0 Å². The summed E-state index contributed by atoms with van der Waals surface area (Å²) in [6.07, 6.45) is 8.21. The van der Waals surface area contributed by atoms with Gasteiger partial charge in [-0.2, -0.15) is 0 Å². The number of halogens is 1. The lowest BCUT2D eigenvalue weighted by Crippen LogP contribution is -2.49. The van der Waals surface area contributed by atoms with Crippen LogP contribution < -0.4 is 5.32 Å². The molecule has 0 aromatic heterocycles. The van der Waals surface area contributed by atoms with Crippen LogP contribution in [0.1, 0.15) is 44.9 Å². The van der Waals surface area contributed by atoms with Gasteiger partial charge in [-0.3, -0.25) is 4.79 Å². The van der Waals surface area contributed by atoms with Gasteiger partial charge in [0, 0.05) is 11.8 Å². The third kappa shape index (κ3) is 1.85. The first kappa shape index (κ1) is 10.9. The first-order valence-corrected chi connectivity index (χ1v) is 7.14. The van der Waals surface area contributed by atoms with Gasteiger partial charge >= 0.3 is 0 Å². The normalized spacial score (nSPS) is 39.4. The minimum Gasteiger partial charge on any atom is -0.349 e. The standard InChI is InChI=1S/C13H20ClNO/c14-8-13(3-1-2-4-13)15-12(16)11-6-9-5-10(9)7-11/h9-11H,1-8H2,(H,15,16). The van der Waals surface area contributed by atoms with Gasteiger partial charge in [-0.05, 0) is 43.9 Å². The van der Waals surface area contributed by atoms with E-state index in [1.807, 2.05) is 0 Å². The molecule has 1 amide bonds. The van der Waals surface area contributed by atoms with Crippen molar-refractivity contribution >= 4 is 17.5 Å². The van der Waals surface area contributed by atoms with Crippen LogP contribution in [-0.4, -0.2) is 17.3 Å². The van der Waals surface area contributed by atoms with E-state index < -0.39 is 0 Å². The fraction of sp³-hybridized carbons (Fsp3) is 0.923. The Bertz CT molecular complexity index is 288. The van der Waals surface area contributed by atoms with Gasteiger partial charge in [0.05, 0.1) is 5.54 Å². The predicted octanol–water partition coefficient (Wildman–Crippen LogP) is 2.70. The topological polar surface area (TPSA) is 29.1 Å². The zero-order valence-electron chi connectivity index (χ0n) is 9.68. The average Bonchev–Trinajstić information content (AvgIpc) is 2.74. The third-order valence-corrected chi connectivity index (χ3v) is 5.33. The highest BCUT2D eigenvalue weighted by Crippen LogP contribution is 2.54. The van der Waals surface area contributed by atoms with Crippen molar-refractivity contribution in [3.63, 3.8) is 0 Å². The zero-order chi connectivity index (χ0) is 11.2. The Morgan fingerprint density at radius 1 is 1.19 bits per heavy atom. The van der Waals surface area contributed by atoms with Crippen LogP contribution in [-0.2, 0) is 4.79 Å². The Balaban J connectivity index is 1.58. The molecule has 3 heteroatoms. The molecule has 1 N–H and O–H groups in total. The van der Waals surface area contributed by atoms with E-state index in [0.717, 1.165) is 37.5 Å². The summed E-state index contributed by atoms with van der Waals surface area (Å²) in [6.45, 7) is 0. The van der Waals surface area contributed by atoms with Crippen molar-refractivity contribution in [2.24, 2.45) is 17.8 Å². The van der Waals surface area contributed by atoms with Gasteiger partial charge in [0.1, 0.15) is 0 Å². The predicted molar refractivity (Wildman–Crippen MR) is 64.4 cm³/mol. The molecule has 3 aliphatic rings. The molecule has 0 radical (unpaired) electrons. The van der Waals surface area contributed by atoms with E-state index in [4.69, 9.17) is 11.6 Å².